The molecule has 0 unspecified atom stereocenters. The van der Waals surface area contributed by atoms with Crippen LogP contribution >= 0.6 is 0 Å². The fourth-order valence-corrected chi connectivity index (χ4v) is 1.79. The van der Waals surface area contributed by atoms with Gasteiger partial charge in [-0.2, -0.15) is 0 Å². The Morgan fingerprint density at radius 3 is 2.74 bits per heavy atom. The van der Waals surface area contributed by atoms with Crippen LogP contribution in [0.4, 0.5) is 5.69 Å². The molecule has 3 N–H and O–H groups in total. The Hall–Kier alpha value is -1.59. The second-order valence-corrected chi connectivity index (χ2v) is 4.71. The molecule has 0 bridgehead atoms. The first-order valence-electron chi connectivity index (χ1n) is 6.38. The summed E-state index contributed by atoms with van der Waals surface area (Å²) in [4.78, 5) is 13.8. The molecule has 19 heavy (non-hydrogen) atoms. The van der Waals surface area contributed by atoms with E-state index >= 15 is 0 Å². The van der Waals surface area contributed by atoms with Gasteiger partial charge in [0, 0.05) is 13.0 Å². The van der Waals surface area contributed by atoms with Crippen molar-refractivity contribution in [1.82, 2.24) is 4.90 Å². The van der Waals surface area contributed by atoms with E-state index in [4.69, 9.17) is 10.5 Å². The van der Waals surface area contributed by atoms with E-state index in [9.17, 15) is 4.79 Å². The normalized spacial score (nSPS) is 10.6. The molecular weight excluding hydrogens is 242 g/mol. The molecule has 0 saturated heterocycles. The minimum atomic E-state index is -0.0363. The molecular formula is C14H23N3O2. The molecule has 0 heterocycles. The Morgan fingerprint density at radius 1 is 1.42 bits per heavy atom. The van der Waals surface area contributed by atoms with Gasteiger partial charge < -0.3 is 20.7 Å². The first kappa shape index (κ1) is 15.5. The standard InChI is InChI=1S/C14H23N3O2/c1-17(2)10-11-6-7-13(19-3)12(9-11)16-14(18)5-4-8-15/h6-7,9H,4-5,8,10,15H2,1-3H3,(H,16,18). The van der Waals surface area contributed by atoms with Crippen LogP contribution in [0, 0.1) is 0 Å². The zero-order valence-electron chi connectivity index (χ0n) is 11.9. The molecule has 0 radical (unpaired) electrons. The smallest absolute Gasteiger partial charge is 0.224 e. The van der Waals surface area contributed by atoms with Gasteiger partial charge in [-0.05, 0) is 44.8 Å². The Bertz CT molecular complexity index is 419. The number of hydrogen-bond donors (Lipinski definition) is 2. The van der Waals surface area contributed by atoms with Crippen LogP contribution in [0.25, 0.3) is 0 Å². The summed E-state index contributed by atoms with van der Waals surface area (Å²) in [7, 11) is 5.60. The summed E-state index contributed by atoms with van der Waals surface area (Å²) >= 11 is 0. The van der Waals surface area contributed by atoms with Gasteiger partial charge in [0.1, 0.15) is 5.75 Å². The number of amides is 1. The molecule has 1 rings (SSSR count). The number of rotatable bonds is 7. The maximum Gasteiger partial charge on any atom is 0.224 e. The summed E-state index contributed by atoms with van der Waals surface area (Å²) in [6.45, 7) is 1.33. The maximum atomic E-state index is 11.7. The Morgan fingerprint density at radius 2 is 2.16 bits per heavy atom. The largest absolute Gasteiger partial charge is 0.495 e. The van der Waals surface area contributed by atoms with E-state index in [1.165, 1.54) is 0 Å². The van der Waals surface area contributed by atoms with Gasteiger partial charge in [-0.25, -0.2) is 0 Å². The van der Waals surface area contributed by atoms with Crippen molar-refractivity contribution in [2.75, 3.05) is 33.1 Å². The van der Waals surface area contributed by atoms with Crippen LogP contribution < -0.4 is 15.8 Å². The molecule has 0 aromatic heterocycles. The van der Waals surface area contributed by atoms with E-state index in [1.807, 2.05) is 32.3 Å². The van der Waals surface area contributed by atoms with Crippen molar-refractivity contribution in [2.45, 2.75) is 19.4 Å². The van der Waals surface area contributed by atoms with Crippen LogP contribution in [0.3, 0.4) is 0 Å². The molecule has 0 aliphatic rings. The van der Waals surface area contributed by atoms with Crippen molar-refractivity contribution in [1.29, 1.82) is 0 Å². The molecule has 5 nitrogen and oxygen atoms in total. The molecule has 1 aromatic carbocycles. The van der Waals surface area contributed by atoms with Crippen LogP contribution in [0.15, 0.2) is 18.2 Å². The number of hydrogen-bond acceptors (Lipinski definition) is 4. The molecule has 106 valence electrons. The van der Waals surface area contributed by atoms with Gasteiger partial charge in [0.2, 0.25) is 5.91 Å². The molecule has 1 amide bonds. The number of anilines is 1. The number of carbonyl (C=O) groups is 1. The molecule has 0 saturated carbocycles. The highest BCUT2D eigenvalue weighted by Gasteiger charge is 2.08. The van der Waals surface area contributed by atoms with E-state index in [2.05, 4.69) is 10.2 Å². The van der Waals surface area contributed by atoms with E-state index < -0.39 is 0 Å². The fourth-order valence-electron chi connectivity index (χ4n) is 1.79. The van der Waals surface area contributed by atoms with Gasteiger partial charge >= 0.3 is 0 Å². The summed E-state index contributed by atoms with van der Waals surface area (Å²) in [6.07, 6.45) is 1.11. The number of carbonyl (C=O) groups excluding carboxylic acids is 1. The first-order valence-corrected chi connectivity index (χ1v) is 6.38. The summed E-state index contributed by atoms with van der Waals surface area (Å²) in [5.74, 6) is 0.634. The van der Waals surface area contributed by atoms with Crippen LogP contribution in [0.2, 0.25) is 0 Å². The third-order valence-corrected chi connectivity index (χ3v) is 2.64. The Labute approximate surface area is 114 Å². The number of benzene rings is 1. The molecule has 0 aliphatic carbocycles. The topological polar surface area (TPSA) is 67.6 Å². The van der Waals surface area contributed by atoms with Crippen LogP contribution in [0.5, 0.6) is 5.75 Å². The minimum Gasteiger partial charge on any atom is -0.495 e. The van der Waals surface area contributed by atoms with Crippen molar-refractivity contribution in [2.24, 2.45) is 5.73 Å². The predicted octanol–water partition coefficient (Wildman–Crippen LogP) is 1.43. The quantitative estimate of drug-likeness (QED) is 0.782. The summed E-state index contributed by atoms with van der Waals surface area (Å²) in [5.41, 5.74) is 7.23. The van der Waals surface area contributed by atoms with Crippen molar-refractivity contribution in [3.63, 3.8) is 0 Å². The average molecular weight is 265 g/mol. The highest BCUT2D eigenvalue weighted by molar-refractivity contribution is 5.92. The maximum absolute atomic E-state index is 11.7. The van der Waals surface area contributed by atoms with Crippen LogP contribution in [-0.4, -0.2) is 38.6 Å². The van der Waals surface area contributed by atoms with Gasteiger partial charge in [0.15, 0.2) is 0 Å². The third-order valence-electron chi connectivity index (χ3n) is 2.64. The van der Waals surface area contributed by atoms with E-state index in [1.54, 1.807) is 7.11 Å². The number of nitrogens with two attached hydrogens (primary N) is 1. The molecule has 0 atom stereocenters. The minimum absolute atomic E-state index is 0.0363. The number of methoxy groups -OCH3 is 1. The summed E-state index contributed by atoms with van der Waals surface area (Å²) in [6, 6.07) is 5.81. The van der Waals surface area contributed by atoms with Gasteiger partial charge in [-0.3, -0.25) is 4.79 Å². The van der Waals surface area contributed by atoms with Gasteiger partial charge in [-0.15, -0.1) is 0 Å². The zero-order chi connectivity index (χ0) is 14.3. The second kappa shape index (κ2) is 7.76. The third kappa shape index (κ3) is 5.28. The van der Waals surface area contributed by atoms with E-state index in [-0.39, 0.29) is 5.91 Å². The second-order valence-electron chi connectivity index (χ2n) is 4.71. The summed E-state index contributed by atoms with van der Waals surface area (Å²) < 4.78 is 5.26. The highest BCUT2D eigenvalue weighted by atomic mass is 16.5. The monoisotopic (exact) mass is 265 g/mol. The van der Waals surface area contributed by atoms with E-state index in [0.717, 1.165) is 12.1 Å². The van der Waals surface area contributed by atoms with Gasteiger partial charge in [0.05, 0.1) is 12.8 Å². The Kier molecular flexibility index (Phi) is 6.32. The number of ether oxygens (including phenoxy) is 1. The average Bonchev–Trinajstić information content (AvgIpc) is 2.36. The lowest BCUT2D eigenvalue weighted by molar-refractivity contribution is -0.116. The molecule has 5 heteroatoms. The van der Waals surface area contributed by atoms with E-state index in [0.29, 0.717) is 30.8 Å². The van der Waals surface area contributed by atoms with Gasteiger partial charge in [-0.1, -0.05) is 6.07 Å². The molecule has 0 spiro atoms. The lowest BCUT2D eigenvalue weighted by Crippen LogP contribution is -2.15. The number of nitrogens with one attached hydrogen (secondary N) is 1. The first-order chi connectivity index (χ1) is 9.06. The Balaban J connectivity index is 2.80. The van der Waals surface area contributed by atoms with Crippen molar-refractivity contribution < 1.29 is 9.53 Å². The highest BCUT2D eigenvalue weighted by Crippen LogP contribution is 2.26. The van der Waals surface area contributed by atoms with Crippen molar-refractivity contribution >= 4 is 11.6 Å². The van der Waals surface area contributed by atoms with Gasteiger partial charge in [0.25, 0.3) is 0 Å². The van der Waals surface area contributed by atoms with Crippen LogP contribution in [0.1, 0.15) is 18.4 Å². The summed E-state index contributed by atoms with van der Waals surface area (Å²) in [5, 5.41) is 2.87. The molecule has 0 aliphatic heterocycles. The lowest BCUT2D eigenvalue weighted by atomic mass is 10.1. The zero-order valence-corrected chi connectivity index (χ0v) is 11.9. The fraction of sp³-hybridized carbons (Fsp3) is 0.500. The van der Waals surface area contributed by atoms with Crippen molar-refractivity contribution in [3.8, 4) is 5.75 Å². The molecule has 0 fully saturated rings. The predicted molar refractivity (Wildman–Crippen MR) is 77.3 cm³/mol. The number of nitrogens with zero attached hydrogens (tertiary/aromatic N) is 1. The SMILES string of the molecule is COc1ccc(CN(C)C)cc1NC(=O)CCCN. The lowest BCUT2D eigenvalue weighted by Gasteiger charge is -2.14. The van der Waals surface area contributed by atoms with Crippen LogP contribution in [-0.2, 0) is 11.3 Å². The van der Waals surface area contributed by atoms with Crippen molar-refractivity contribution in [3.05, 3.63) is 23.8 Å². The molecule has 1 aromatic rings.